The number of carbonyl (C=O) groups excluding carboxylic acids is 1. The first-order chi connectivity index (χ1) is 13.2. The number of halogens is 2. The highest BCUT2D eigenvalue weighted by atomic mass is 35.5. The van der Waals surface area contributed by atoms with Crippen LogP contribution in [0.3, 0.4) is 0 Å². The van der Waals surface area contributed by atoms with Crippen molar-refractivity contribution in [1.82, 2.24) is 15.5 Å². The highest BCUT2D eigenvalue weighted by Gasteiger charge is 2.21. The number of guanidine groups is 1. The molecule has 6 nitrogen and oxygen atoms in total. The molecule has 1 aliphatic heterocycles. The molecule has 1 aromatic carbocycles. The molecule has 0 atom stereocenters. The van der Waals surface area contributed by atoms with Crippen molar-refractivity contribution in [2.24, 2.45) is 4.99 Å². The predicted molar refractivity (Wildman–Crippen MR) is 115 cm³/mol. The third kappa shape index (κ3) is 7.86. The van der Waals surface area contributed by atoms with Crippen LogP contribution < -0.4 is 10.6 Å². The first kappa shape index (κ1) is 22.8. The van der Waals surface area contributed by atoms with Crippen LogP contribution in [0.4, 0.5) is 0 Å². The van der Waals surface area contributed by atoms with Gasteiger partial charge in [-0.2, -0.15) is 0 Å². The Morgan fingerprint density at radius 2 is 1.93 bits per heavy atom. The normalized spacial score (nSPS) is 16.7. The molecule has 0 aliphatic carbocycles. The van der Waals surface area contributed by atoms with Crippen molar-refractivity contribution < 1.29 is 9.53 Å². The molecule has 28 heavy (non-hydrogen) atoms. The molecule has 1 aliphatic rings. The van der Waals surface area contributed by atoms with Crippen LogP contribution in [-0.2, 0) is 16.1 Å². The lowest BCUT2D eigenvalue weighted by molar-refractivity contribution is -0.153. The van der Waals surface area contributed by atoms with Crippen LogP contribution >= 0.6 is 23.2 Å². The average molecular weight is 429 g/mol. The summed E-state index contributed by atoms with van der Waals surface area (Å²) in [7, 11) is 1.70. The van der Waals surface area contributed by atoms with E-state index in [9.17, 15) is 4.79 Å². The summed E-state index contributed by atoms with van der Waals surface area (Å²) in [4.78, 5) is 18.4. The molecule has 8 heteroatoms. The number of hydrogen-bond acceptors (Lipinski definition) is 4. The van der Waals surface area contributed by atoms with Crippen LogP contribution in [0.1, 0.15) is 39.2 Å². The Balaban J connectivity index is 1.74. The summed E-state index contributed by atoms with van der Waals surface area (Å²) < 4.78 is 5.30. The number of likely N-dealkylation sites (tertiary alicyclic amines) is 1. The van der Waals surface area contributed by atoms with E-state index in [0.717, 1.165) is 38.0 Å². The molecule has 0 aromatic heterocycles. The average Bonchev–Trinajstić information content (AvgIpc) is 2.61. The number of nitrogens with zero attached hydrogens (tertiary/aromatic N) is 2. The highest BCUT2D eigenvalue weighted by molar-refractivity contribution is 6.42. The lowest BCUT2D eigenvalue weighted by Gasteiger charge is -2.33. The molecule has 0 unspecified atom stereocenters. The minimum absolute atomic E-state index is 0.0904. The molecule has 0 spiro atoms. The van der Waals surface area contributed by atoms with Gasteiger partial charge in [-0.1, -0.05) is 29.3 Å². The summed E-state index contributed by atoms with van der Waals surface area (Å²) >= 11 is 12.1. The van der Waals surface area contributed by atoms with Crippen molar-refractivity contribution in [3.05, 3.63) is 33.8 Å². The van der Waals surface area contributed by atoms with Crippen molar-refractivity contribution in [2.45, 2.75) is 51.8 Å². The van der Waals surface area contributed by atoms with E-state index in [1.165, 1.54) is 0 Å². The molecule has 1 aromatic rings. The van der Waals surface area contributed by atoms with Gasteiger partial charge in [0.1, 0.15) is 12.1 Å². The van der Waals surface area contributed by atoms with E-state index in [1.807, 2.05) is 39.0 Å². The van der Waals surface area contributed by atoms with E-state index in [1.54, 1.807) is 7.05 Å². The van der Waals surface area contributed by atoms with Crippen LogP contribution in [0.2, 0.25) is 10.0 Å². The lowest BCUT2D eigenvalue weighted by Crippen LogP contribution is -2.49. The summed E-state index contributed by atoms with van der Waals surface area (Å²) in [5, 5.41) is 7.59. The number of aliphatic imine (C=N–C) groups is 1. The largest absolute Gasteiger partial charge is 0.459 e. The smallest absolute Gasteiger partial charge is 0.325 e. The molecule has 0 saturated carbocycles. The van der Waals surface area contributed by atoms with Crippen molar-refractivity contribution in [3.8, 4) is 0 Å². The van der Waals surface area contributed by atoms with Crippen LogP contribution in [-0.4, -0.2) is 55.2 Å². The number of ether oxygens (including phenoxy) is 1. The summed E-state index contributed by atoms with van der Waals surface area (Å²) in [6.45, 7) is 8.45. The summed E-state index contributed by atoms with van der Waals surface area (Å²) in [6, 6.07) is 6.10. The molecular weight excluding hydrogens is 399 g/mol. The van der Waals surface area contributed by atoms with Crippen LogP contribution in [0.15, 0.2) is 23.2 Å². The van der Waals surface area contributed by atoms with Crippen LogP contribution in [0.5, 0.6) is 0 Å². The van der Waals surface area contributed by atoms with Crippen LogP contribution in [0.25, 0.3) is 0 Å². The van der Waals surface area contributed by atoms with Gasteiger partial charge in [0.05, 0.1) is 10.0 Å². The lowest BCUT2D eigenvalue weighted by atomic mass is 10.0. The summed E-state index contributed by atoms with van der Waals surface area (Å²) in [5.41, 5.74) is 0.673. The molecule has 156 valence electrons. The Labute approximate surface area is 177 Å². The SMILES string of the molecule is CN=C(NCC(=O)OC(C)(C)C)NC1CCN(Cc2ccc(Cl)c(Cl)c2)CC1. The molecular formula is C20H30Cl2N4O2. The van der Waals surface area contributed by atoms with E-state index in [4.69, 9.17) is 27.9 Å². The zero-order valence-electron chi connectivity index (χ0n) is 17.0. The molecule has 2 rings (SSSR count). The minimum atomic E-state index is -0.489. The van der Waals surface area contributed by atoms with Crippen molar-refractivity contribution in [2.75, 3.05) is 26.7 Å². The van der Waals surface area contributed by atoms with Gasteiger partial charge >= 0.3 is 5.97 Å². The number of carbonyl (C=O) groups is 1. The van der Waals surface area contributed by atoms with Gasteiger partial charge in [-0.3, -0.25) is 14.7 Å². The molecule has 1 fully saturated rings. The zero-order valence-corrected chi connectivity index (χ0v) is 18.5. The standard InChI is InChI=1S/C20H30Cl2N4O2/c1-20(2,3)28-18(27)12-24-19(23-4)25-15-7-9-26(10-8-15)13-14-5-6-16(21)17(22)11-14/h5-6,11,15H,7-10,12-13H2,1-4H3,(H2,23,24,25). The fourth-order valence-electron chi connectivity index (χ4n) is 3.05. The number of piperidine rings is 1. The van der Waals surface area contributed by atoms with Gasteiger partial charge in [0.25, 0.3) is 0 Å². The summed E-state index contributed by atoms with van der Waals surface area (Å²) in [5.74, 6) is 0.320. The molecule has 1 heterocycles. The Kier molecular flexibility index (Phi) is 8.40. The number of rotatable bonds is 5. The number of hydrogen-bond donors (Lipinski definition) is 2. The third-order valence-electron chi connectivity index (χ3n) is 4.36. The topological polar surface area (TPSA) is 66.0 Å². The van der Waals surface area contributed by atoms with E-state index < -0.39 is 5.60 Å². The van der Waals surface area contributed by atoms with E-state index in [0.29, 0.717) is 22.0 Å². The maximum absolute atomic E-state index is 11.8. The molecule has 2 N–H and O–H groups in total. The molecule has 0 radical (unpaired) electrons. The number of benzene rings is 1. The number of nitrogens with one attached hydrogen (secondary N) is 2. The van der Waals surface area contributed by atoms with Gasteiger partial charge in [0.2, 0.25) is 0 Å². The van der Waals surface area contributed by atoms with Gasteiger partial charge in [-0.05, 0) is 51.3 Å². The van der Waals surface area contributed by atoms with E-state index in [2.05, 4.69) is 20.5 Å². The van der Waals surface area contributed by atoms with Gasteiger partial charge in [-0.15, -0.1) is 0 Å². The van der Waals surface area contributed by atoms with Crippen molar-refractivity contribution >= 4 is 35.1 Å². The quantitative estimate of drug-likeness (QED) is 0.426. The first-order valence-corrected chi connectivity index (χ1v) is 10.3. The van der Waals surface area contributed by atoms with E-state index in [-0.39, 0.29) is 12.5 Å². The zero-order chi connectivity index (χ0) is 20.7. The maximum Gasteiger partial charge on any atom is 0.325 e. The Morgan fingerprint density at radius 1 is 1.25 bits per heavy atom. The maximum atomic E-state index is 11.8. The second kappa shape index (κ2) is 10.3. The first-order valence-electron chi connectivity index (χ1n) is 9.51. The molecule has 0 bridgehead atoms. The Hall–Kier alpha value is -1.50. The fraction of sp³-hybridized carbons (Fsp3) is 0.600. The molecule has 1 saturated heterocycles. The Morgan fingerprint density at radius 3 is 2.50 bits per heavy atom. The van der Waals surface area contributed by atoms with Gasteiger partial charge < -0.3 is 15.4 Å². The highest BCUT2D eigenvalue weighted by Crippen LogP contribution is 2.24. The molecule has 0 amide bonds. The van der Waals surface area contributed by atoms with Crippen molar-refractivity contribution in [1.29, 1.82) is 0 Å². The Bertz CT molecular complexity index is 696. The van der Waals surface area contributed by atoms with Gasteiger partial charge in [-0.25, -0.2) is 0 Å². The van der Waals surface area contributed by atoms with Crippen molar-refractivity contribution in [3.63, 3.8) is 0 Å². The van der Waals surface area contributed by atoms with Crippen LogP contribution in [0, 0.1) is 0 Å². The second-order valence-electron chi connectivity index (χ2n) is 7.96. The second-order valence-corrected chi connectivity index (χ2v) is 8.77. The van der Waals surface area contributed by atoms with Gasteiger partial charge in [0, 0.05) is 32.7 Å². The fourth-order valence-corrected chi connectivity index (χ4v) is 3.37. The minimum Gasteiger partial charge on any atom is -0.459 e. The monoisotopic (exact) mass is 428 g/mol. The summed E-state index contributed by atoms with van der Waals surface area (Å²) in [6.07, 6.45) is 1.99. The predicted octanol–water partition coefficient (Wildman–Crippen LogP) is 3.46. The van der Waals surface area contributed by atoms with Gasteiger partial charge in [0.15, 0.2) is 5.96 Å². The third-order valence-corrected chi connectivity index (χ3v) is 5.10. The number of esters is 1. The van der Waals surface area contributed by atoms with E-state index >= 15 is 0 Å².